The maximum Gasteiger partial charge on any atom is 0.270 e. The number of amides is 1. The minimum absolute atomic E-state index is 0. The smallest absolute Gasteiger partial charge is 0.270 e. The van der Waals surface area contributed by atoms with Gasteiger partial charge in [-0.2, -0.15) is 0 Å². The predicted molar refractivity (Wildman–Crippen MR) is 118 cm³/mol. The second-order valence-corrected chi connectivity index (χ2v) is 7.37. The van der Waals surface area contributed by atoms with E-state index in [9.17, 15) is 4.79 Å². The Balaban J connectivity index is 0.00000196. The lowest BCUT2D eigenvalue weighted by Crippen LogP contribution is -2.40. The van der Waals surface area contributed by atoms with E-state index in [4.69, 9.17) is 10.5 Å². The van der Waals surface area contributed by atoms with Crippen LogP contribution in [-0.4, -0.2) is 42.5 Å². The molecule has 156 valence electrons. The molecule has 2 aromatic rings. The molecule has 1 aliphatic rings. The monoisotopic (exact) mass is 446 g/mol. The van der Waals surface area contributed by atoms with Gasteiger partial charge in [0.15, 0.2) is 0 Å². The summed E-state index contributed by atoms with van der Waals surface area (Å²) in [6, 6.07) is 8.27. The first kappa shape index (κ1) is 24.7. The lowest BCUT2D eigenvalue weighted by molar-refractivity contribution is 0.0920. The van der Waals surface area contributed by atoms with Crippen molar-refractivity contribution in [1.82, 2.24) is 15.2 Å². The Kier molecular flexibility index (Phi) is 10.8. The zero-order chi connectivity index (χ0) is 18.4. The van der Waals surface area contributed by atoms with Gasteiger partial charge in [0.05, 0.1) is 13.2 Å². The van der Waals surface area contributed by atoms with Crippen LogP contribution < -0.4 is 15.8 Å². The summed E-state index contributed by atoms with van der Waals surface area (Å²) < 4.78 is 5.26. The van der Waals surface area contributed by atoms with Crippen LogP contribution in [0.2, 0.25) is 0 Å². The number of ether oxygens (including phenoxy) is 1. The fraction of sp³-hybridized carbons (Fsp3) is 0.474. The fourth-order valence-corrected chi connectivity index (χ4v) is 3.96. The van der Waals surface area contributed by atoms with Crippen LogP contribution in [0.4, 0.5) is 0 Å². The van der Waals surface area contributed by atoms with Crippen LogP contribution in [0.3, 0.4) is 0 Å². The molecule has 1 aromatic carbocycles. The zero-order valence-corrected chi connectivity index (χ0v) is 18.4. The molecule has 2 heterocycles. The van der Waals surface area contributed by atoms with E-state index in [2.05, 4.69) is 27.3 Å². The summed E-state index contributed by atoms with van der Waals surface area (Å²) in [7, 11) is 1.67. The van der Waals surface area contributed by atoms with Gasteiger partial charge in [0.2, 0.25) is 0 Å². The van der Waals surface area contributed by atoms with Crippen molar-refractivity contribution in [3.8, 4) is 5.75 Å². The minimum atomic E-state index is -0.142. The van der Waals surface area contributed by atoms with Gasteiger partial charge in [-0.25, -0.2) is 4.98 Å². The van der Waals surface area contributed by atoms with Crippen molar-refractivity contribution < 1.29 is 9.53 Å². The molecule has 1 fully saturated rings. The number of benzene rings is 1. The zero-order valence-electron chi connectivity index (χ0n) is 15.9. The van der Waals surface area contributed by atoms with Crippen LogP contribution >= 0.6 is 36.2 Å². The van der Waals surface area contributed by atoms with E-state index in [1.165, 1.54) is 36.2 Å². The van der Waals surface area contributed by atoms with E-state index < -0.39 is 0 Å². The molecule has 1 aliphatic heterocycles. The number of hydrogen-bond donors (Lipinski definition) is 2. The first-order valence-corrected chi connectivity index (χ1v) is 9.90. The van der Waals surface area contributed by atoms with Crippen LogP contribution in [0, 0.1) is 0 Å². The Labute approximate surface area is 182 Å². The number of halogens is 2. The molecule has 1 unspecified atom stereocenters. The van der Waals surface area contributed by atoms with E-state index in [0.717, 1.165) is 23.8 Å². The molecule has 1 atom stereocenters. The van der Waals surface area contributed by atoms with Gasteiger partial charge in [-0.05, 0) is 43.6 Å². The second kappa shape index (κ2) is 12.2. The Morgan fingerprint density at radius 2 is 1.93 bits per heavy atom. The van der Waals surface area contributed by atoms with Crippen molar-refractivity contribution >= 4 is 42.1 Å². The van der Waals surface area contributed by atoms with Crippen molar-refractivity contribution in [3.63, 3.8) is 0 Å². The molecule has 0 radical (unpaired) electrons. The number of rotatable bonds is 7. The van der Waals surface area contributed by atoms with E-state index in [1.807, 2.05) is 12.1 Å². The Morgan fingerprint density at radius 3 is 2.50 bits per heavy atom. The highest BCUT2D eigenvalue weighted by Crippen LogP contribution is 2.26. The molecule has 9 heteroatoms. The number of piperidine rings is 1. The van der Waals surface area contributed by atoms with Gasteiger partial charge in [-0.3, -0.25) is 9.69 Å². The molecule has 3 N–H and O–H groups in total. The molecular weight excluding hydrogens is 419 g/mol. The number of nitrogens with zero attached hydrogens (tertiary/aromatic N) is 2. The van der Waals surface area contributed by atoms with Gasteiger partial charge in [-0.1, -0.05) is 18.6 Å². The summed E-state index contributed by atoms with van der Waals surface area (Å²) in [5.41, 5.74) is 7.22. The lowest BCUT2D eigenvalue weighted by Gasteiger charge is -2.35. The highest BCUT2D eigenvalue weighted by Gasteiger charge is 2.23. The fourth-order valence-electron chi connectivity index (χ4n) is 3.30. The molecule has 0 aliphatic carbocycles. The summed E-state index contributed by atoms with van der Waals surface area (Å²) in [6.07, 6.45) is 3.68. The topological polar surface area (TPSA) is 80.5 Å². The molecule has 1 aromatic heterocycles. The quantitative estimate of drug-likeness (QED) is 0.680. The average Bonchev–Trinajstić information content (AvgIpc) is 3.19. The van der Waals surface area contributed by atoms with Gasteiger partial charge < -0.3 is 15.8 Å². The van der Waals surface area contributed by atoms with Crippen LogP contribution in [0.5, 0.6) is 5.75 Å². The first-order valence-electron chi connectivity index (χ1n) is 9.02. The lowest BCUT2D eigenvalue weighted by atomic mass is 10.0. The van der Waals surface area contributed by atoms with Crippen LogP contribution in [-0.2, 0) is 6.54 Å². The van der Waals surface area contributed by atoms with Crippen molar-refractivity contribution in [3.05, 3.63) is 45.9 Å². The number of nitrogens with one attached hydrogen (secondary N) is 1. The molecular formula is C19H28Cl2N4O2S. The van der Waals surface area contributed by atoms with Crippen LogP contribution in [0.15, 0.2) is 29.6 Å². The maximum absolute atomic E-state index is 12.4. The van der Waals surface area contributed by atoms with Gasteiger partial charge in [-0.15, -0.1) is 36.2 Å². The molecule has 0 spiro atoms. The van der Waals surface area contributed by atoms with E-state index in [1.54, 1.807) is 12.5 Å². The van der Waals surface area contributed by atoms with E-state index in [0.29, 0.717) is 18.8 Å². The largest absolute Gasteiger partial charge is 0.497 e. The summed E-state index contributed by atoms with van der Waals surface area (Å²) in [5, 5.41) is 5.59. The number of hydrogen-bond acceptors (Lipinski definition) is 6. The molecule has 0 saturated carbocycles. The molecule has 3 rings (SSSR count). The number of aromatic nitrogens is 1. The van der Waals surface area contributed by atoms with Gasteiger partial charge >= 0.3 is 0 Å². The van der Waals surface area contributed by atoms with Crippen molar-refractivity contribution in [1.29, 1.82) is 0 Å². The highest BCUT2D eigenvalue weighted by molar-refractivity contribution is 7.09. The normalized spacial score (nSPS) is 15.1. The van der Waals surface area contributed by atoms with Gasteiger partial charge in [0.25, 0.3) is 5.91 Å². The maximum atomic E-state index is 12.4. The third kappa shape index (κ3) is 6.32. The summed E-state index contributed by atoms with van der Waals surface area (Å²) >= 11 is 1.42. The minimum Gasteiger partial charge on any atom is -0.497 e. The number of carbonyl (C=O) groups is 1. The van der Waals surface area contributed by atoms with Crippen molar-refractivity contribution in [2.75, 3.05) is 26.7 Å². The SMILES string of the molecule is COc1ccc(C(CNC(=O)c2csc(CN)n2)N2CCCCC2)cc1.Cl.Cl. The van der Waals surface area contributed by atoms with Crippen LogP contribution in [0.1, 0.15) is 46.4 Å². The second-order valence-electron chi connectivity index (χ2n) is 6.43. The van der Waals surface area contributed by atoms with E-state index in [-0.39, 0.29) is 36.8 Å². The number of carbonyl (C=O) groups excluding carboxylic acids is 1. The van der Waals surface area contributed by atoms with Gasteiger partial charge in [0, 0.05) is 18.5 Å². The van der Waals surface area contributed by atoms with Crippen LogP contribution in [0.25, 0.3) is 0 Å². The van der Waals surface area contributed by atoms with Crippen molar-refractivity contribution in [2.45, 2.75) is 31.8 Å². The summed E-state index contributed by atoms with van der Waals surface area (Å²) in [5.74, 6) is 0.698. The molecule has 6 nitrogen and oxygen atoms in total. The first-order chi connectivity index (χ1) is 12.7. The number of likely N-dealkylation sites (tertiary alicyclic amines) is 1. The van der Waals surface area contributed by atoms with E-state index >= 15 is 0 Å². The standard InChI is InChI=1S/C19H26N4O2S.2ClH/c1-25-15-7-5-14(6-8-15)17(23-9-3-2-4-10-23)12-21-19(24)16-13-26-18(11-20)22-16;;/h5-8,13,17H,2-4,9-12,20H2,1H3,(H,21,24);2*1H. The number of nitrogens with two attached hydrogens (primary N) is 1. The predicted octanol–water partition coefficient (Wildman–Crippen LogP) is 3.41. The van der Waals surface area contributed by atoms with Gasteiger partial charge in [0.1, 0.15) is 16.5 Å². The molecule has 0 bridgehead atoms. The third-order valence-electron chi connectivity index (χ3n) is 4.75. The molecule has 1 amide bonds. The highest BCUT2D eigenvalue weighted by atomic mass is 35.5. The average molecular weight is 447 g/mol. The number of methoxy groups -OCH3 is 1. The number of thiazole rings is 1. The Morgan fingerprint density at radius 1 is 1.25 bits per heavy atom. The summed E-state index contributed by atoms with van der Waals surface area (Å²) in [6.45, 7) is 3.03. The Bertz CT molecular complexity index is 721. The Hall–Kier alpha value is -1.38. The van der Waals surface area contributed by atoms with Crippen molar-refractivity contribution in [2.24, 2.45) is 5.73 Å². The molecule has 1 saturated heterocycles. The summed E-state index contributed by atoms with van der Waals surface area (Å²) in [4.78, 5) is 19.2. The molecule has 28 heavy (non-hydrogen) atoms. The third-order valence-corrected chi connectivity index (χ3v) is 5.62.